The van der Waals surface area contributed by atoms with Crippen LogP contribution in [-0.4, -0.2) is 19.5 Å². The SMILES string of the molecule is CC(C)n1cnc2c(NCc3ccccc3C(F)(F)F)nc(Cl)nc21. The minimum atomic E-state index is -4.42. The predicted octanol–water partition coefficient (Wildman–Crippen LogP) is 4.69. The highest BCUT2D eigenvalue weighted by molar-refractivity contribution is 6.28. The first-order valence-electron chi connectivity index (χ1n) is 7.56. The quantitative estimate of drug-likeness (QED) is 0.678. The molecule has 0 aliphatic carbocycles. The van der Waals surface area contributed by atoms with Crippen molar-refractivity contribution in [2.45, 2.75) is 32.6 Å². The van der Waals surface area contributed by atoms with E-state index in [-0.39, 0.29) is 23.4 Å². The average molecular weight is 370 g/mol. The van der Waals surface area contributed by atoms with Crippen LogP contribution in [0.25, 0.3) is 11.2 Å². The molecule has 5 nitrogen and oxygen atoms in total. The second-order valence-corrected chi connectivity index (χ2v) is 6.11. The fraction of sp³-hybridized carbons (Fsp3) is 0.312. The molecular weight excluding hydrogens is 355 g/mol. The Morgan fingerprint density at radius 1 is 1.20 bits per heavy atom. The van der Waals surface area contributed by atoms with Crippen LogP contribution >= 0.6 is 11.6 Å². The van der Waals surface area contributed by atoms with Crippen LogP contribution in [0.4, 0.5) is 19.0 Å². The van der Waals surface area contributed by atoms with Gasteiger partial charge in [-0.1, -0.05) is 18.2 Å². The maximum absolute atomic E-state index is 13.1. The number of benzene rings is 1. The average Bonchev–Trinajstić information content (AvgIpc) is 2.96. The molecule has 9 heteroatoms. The number of nitrogens with zero attached hydrogens (tertiary/aromatic N) is 4. The summed E-state index contributed by atoms with van der Waals surface area (Å²) in [6.07, 6.45) is -2.81. The van der Waals surface area contributed by atoms with E-state index in [1.807, 2.05) is 18.4 Å². The van der Waals surface area contributed by atoms with Crippen molar-refractivity contribution >= 4 is 28.6 Å². The lowest BCUT2D eigenvalue weighted by Gasteiger charge is -2.14. The summed E-state index contributed by atoms with van der Waals surface area (Å²) >= 11 is 5.96. The van der Waals surface area contributed by atoms with Crippen LogP contribution in [0.3, 0.4) is 0 Å². The summed E-state index contributed by atoms with van der Waals surface area (Å²) in [6, 6.07) is 5.49. The summed E-state index contributed by atoms with van der Waals surface area (Å²) in [7, 11) is 0. The molecule has 2 heterocycles. The Morgan fingerprint density at radius 2 is 1.92 bits per heavy atom. The Hall–Kier alpha value is -2.35. The highest BCUT2D eigenvalue weighted by atomic mass is 35.5. The van der Waals surface area contributed by atoms with Gasteiger partial charge in [0.15, 0.2) is 17.0 Å². The lowest BCUT2D eigenvalue weighted by molar-refractivity contribution is -0.138. The number of halogens is 4. The third-order valence-corrected chi connectivity index (χ3v) is 3.89. The second kappa shape index (κ2) is 6.51. The number of anilines is 1. The van der Waals surface area contributed by atoms with E-state index in [0.717, 1.165) is 6.07 Å². The summed E-state index contributed by atoms with van der Waals surface area (Å²) < 4.78 is 41.1. The van der Waals surface area contributed by atoms with Gasteiger partial charge in [0, 0.05) is 12.6 Å². The van der Waals surface area contributed by atoms with Crippen LogP contribution in [0.5, 0.6) is 0 Å². The molecule has 0 fully saturated rings. The summed E-state index contributed by atoms with van der Waals surface area (Å²) in [5.41, 5.74) is 0.414. The Labute approximate surface area is 146 Å². The smallest absolute Gasteiger partial charge is 0.364 e. The van der Waals surface area contributed by atoms with Crippen LogP contribution in [0.1, 0.15) is 31.0 Å². The van der Waals surface area contributed by atoms with Crippen LogP contribution in [0.15, 0.2) is 30.6 Å². The standard InChI is InChI=1S/C16H15ClF3N5/c1-9(2)25-8-22-12-13(23-15(17)24-14(12)25)21-7-10-5-3-4-6-11(10)16(18,19)20/h3-6,8-9H,7H2,1-2H3,(H,21,23,24). The van der Waals surface area contributed by atoms with Gasteiger partial charge in [-0.2, -0.15) is 23.1 Å². The maximum atomic E-state index is 13.1. The van der Waals surface area contributed by atoms with Gasteiger partial charge in [-0.25, -0.2) is 4.98 Å². The van der Waals surface area contributed by atoms with E-state index in [1.165, 1.54) is 12.1 Å². The summed E-state index contributed by atoms with van der Waals surface area (Å²) in [5, 5.41) is 2.90. The molecule has 0 unspecified atom stereocenters. The number of hydrogen-bond acceptors (Lipinski definition) is 4. The van der Waals surface area contributed by atoms with Gasteiger partial charge in [0.05, 0.1) is 11.9 Å². The van der Waals surface area contributed by atoms with Crippen LogP contribution < -0.4 is 5.32 Å². The molecule has 0 atom stereocenters. The summed E-state index contributed by atoms with van der Waals surface area (Å²) in [6.45, 7) is 3.86. The number of rotatable bonds is 4. The van der Waals surface area contributed by atoms with Crippen LogP contribution in [0, 0.1) is 0 Å². The molecule has 0 aliphatic heterocycles. The number of alkyl halides is 3. The van der Waals surface area contributed by atoms with Crippen molar-refractivity contribution in [3.8, 4) is 0 Å². The number of hydrogen-bond donors (Lipinski definition) is 1. The van der Waals surface area contributed by atoms with E-state index >= 15 is 0 Å². The van der Waals surface area contributed by atoms with Crippen LogP contribution in [-0.2, 0) is 12.7 Å². The topological polar surface area (TPSA) is 55.6 Å². The minimum absolute atomic E-state index is 0.00139. The number of imidazole rings is 1. The van der Waals surface area contributed by atoms with Gasteiger partial charge in [0.1, 0.15) is 0 Å². The van der Waals surface area contributed by atoms with Crippen molar-refractivity contribution < 1.29 is 13.2 Å². The molecule has 25 heavy (non-hydrogen) atoms. The molecule has 0 radical (unpaired) electrons. The third-order valence-electron chi connectivity index (χ3n) is 3.72. The van der Waals surface area contributed by atoms with Crippen molar-refractivity contribution in [2.75, 3.05) is 5.32 Å². The van der Waals surface area contributed by atoms with Gasteiger partial charge in [0.2, 0.25) is 5.28 Å². The lowest BCUT2D eigenvalue weighted by atomic mass is 10.1. The van der Waals surface area contributed by atoms with Crippen molar-refractivity contribution in [1.82, 2.24) is 19.5 Å². The number of aromatic nitrogens is 4. The van der Waals surface area contributed by atoms with E-state index in [2.05, 4.69) is 20.3 Å². The predicted molar refractivity (Wildman–Crippen MR) is 89.5 cm³/mol. The van der Waals surface area contributed by atoms with E-state index in [0.29, 0.717) is 17.0 Å². The molecule has 0 amide bonds. The minimum Gasteiger partial charge on any atom is -0.364 e. The monoisotopic (exact) mass is 369 g/mol. The first kappa shape index (κ1) is 17.5. The van der Waals surface area contributed by atoms with Crippen molar-refractivity contribution in [3.05, 3.63) is 47.0 Å². The zero-order valence-corrected chi connectivity index (χ0v) is 14.2. The van der Waals surface area contributed by atoms with Crippen molar-refractivity contribution in [3.63, 3.8) is 0 Å². The Morgan fingerprint density at radius 3 is 2.60 bits per heavy atom. The fourth-order valence-electron chi connectivity index (χ4n) is 2.52. The molecule has 3 aromatic rings. The molecule has 1 aromatic carbocycles. The van der Waals surface area contributed by atoms with Gasteiger partial charge in [-0.05, 0) is 37.1 Å². The molecule has 0 saturated carbocycles. The fourth-order valence-corrected chi connectivity index (χ4v) is 2.69. The lowest BCUT2D eigenvalue weighted by Crippen LogP contribution is -2.12. The Kier molecular flexibility index (Phi) is 4.55. The summed E-state index contributed by atoms with van der Waals surface area (Å²) in [5.74, 6) is 0.298. The first-order valence-corrected chi connectivity index (χ1v) is 7.94. The van der Waals surface area contributed by atoms with Gasteiger partial charge in [-0.15, -0.1) is 0 Å². The largest absolute Gasteiger partial charge is 0.416 e. The van der Waals surface area contributed by atoms with E-state index < -0.39 is 11.7 Å². The van der Waals surface area contributed by atoms with Crippen LogP contribution in [0.2, 0.25) is 5.28 Å². The highest BCUT2D eigenvalue weighted by Gasteiger charge is 2.32. The van der Waals surface area contributed by atoms with Gasteiger partial charge in [0.25, 0.3) is 0 Å². The van der Waals surface area contributed by atoms with Gasteiger partial charge in [-0.3, -0.25) is 0 Å². The molecule has 0 bridgehead atoms. The maximum Gasteiger partial charge on any atom is 0.416 e. The Balaban J connectivity index is 1.95. The molecule has 2 aromatic heterocycles. The zero-order chi connectivity index (χ0) is 18.2. The normalized spacial score (nSPS) is 12.1. The molecule has 132 valence electrons. The van der Waals surface area contributed by atoms with Crippen molar-refractivity contribution in [1.29, 1.82) is 0 Å². The molecule has 1 N–H and O–H groups in total. The van der Waals surface area contributed by atoms with E-state index in [1.54, 1.807) is 12.4 Å². The molecule has 0 aliphatic rings. The van der Waals surface area contributed by atoms with E-state index in [9.17, 15) is 13.2 Å². The molecular formula is C16H15ClF3N5. The molecule has 0 saturated heterocycles. The summed E-state index contributed by atoms with van der Waals surface area (Å²) in [4.78, 5) is 12.5. The van der Waals surface area contributed by atoms with E-state index in [4.69, 9.17) is 11.6 Å². The van der Waals surface area contributed by atoms with Gasteiger partial charge >= 0.3 is 6.18 Å². The third kappa shape index (κ3) is 3.53. The molecule has 3 rings (SSSR count). The Bertz CT molecular complexity index is 904. The first-order chi connectivity index (χ1) is 11.8. The number of nitrogens with one attached hydrogen (secondary N) is 1. The highest BCUT2D eigenvalue weighted by Crippen LogP contribution is 2.32. The molecule has 0 spiro atoms. The van der Waals surface area contributed by atoms with Gasteiger partial charge < -0.3 is 9.88 Å². The number of fused-ring (bicyclic) bond motifs is 1. The second-order valence-electron chi connectivity index (χ2n) is 5.77. The van der Waals surface area contributed by atoms with Crippen molar-refractivity contribution in [2.24, 2.45) is 0 Å². The zero-order valence-electron chi connectivity index (χ0n) is 13.5.